The highest BCUT2D eigenvalue weighted by atomic mass is 79.9. The van der Waals surface area contributed by atoms with E-state index < -0.39 is 5.41 Å². The van der Waals surface area contributed by atoms with E-state index in [1.807, 2.05) is 72.8 Å². The van der Waals surface area contributed by atoms with E-state index in [-0.39, 0.29) is 17.5 Å². The first-order chi connectivity index (χ1) is 37.7. The van der Waals surface area contributed by atoms with Crippen molar-refractivity contribution < 1.29 is 22.3 Å². The second-order valence-electron chi connectivity index (χ2n) is 19.1. The van der Waals surface area contributed by atoms with Crippen LogP contribution in [0.25, 0.3) is 50.3 Å². The van der Waals surface area contributed by atoms with E-state index in [1.165, 1.54) is 36.4 Å². The Hall–Kier alpha value is -9.37. The predicted octanol–water partition coefficient (Wildman–Crippen LogP) is 20.2. The van der Waals surface area contributed by atoms with Gasteiger partial charge in [0.25, 0.3) is 0 Å². The van der Waals surface area contributed by atoms with Crippen LogP contribution in [0.15, 0.2) is 264 Å². The van der Waals surface area contributed by atoms with Crippen LogP contribution in [0.5, 0.6) is 11.5 Å². The lowest BCUT2D eigenvalue weighted by Gasteiger charge is -2.35. The smallest absolute Gasteiger partial charge is 0.135 e. The van der Waals surface area contributed by atoms with E-state index in [0.717, 1.165) is 111 Å². The minimum Gasteiger partial charge on any atom is -0.457 e. The molecule has 1 heterocycles. The number of hydrogen-bond donors (Lipinski definition) is 0. The fourth-order valence-electron chi connectivity index (χ4n) is 11.0. The number of hydrogen-bond acceptors (Lipinski definition) is 4. The summed E-state index contributed by atoms with van der Waals surface area (Å²) in [6.07, 6.45) is 1.80. The first-order valence-corrected chi connectivity index (χ1v) is 25.9. The Bertz CT molecular complexity index is 4160. The molecule has 1 aliphatic rings. The maximum Gasteiger partial charge on any atom is 0.135 e. The Morgan fingerprint density at radius 3 is 1.40 bits per heavy atom. The van der Waals surface area contributed by atoms with Gasteiger partial charge in [0.1, 0.15) is 40.1 Å². The van der Waals surface area contributed by atoms with Crippen molar-refractivity contribution in [1.82, 2.24) is 0 Å². The van der Waals surface area contributed by atoms with Gasteiger partial charge in [0.15, 0.2) is 0 Å². The van der Waals surface area contributed by atoms with Crippen molar-refractivity contribution in [3.63, 3.8) is 0 Å². The molecular weight excluding hydrogens is 1030 g/mol. The van der Waals surface area contributed by atoms with Gasteiger partial charge in [-0.2, -0.15) is 0 Å². The quantitative estimate of drug-likeness (QED) is 0.122. The molecule has 0 aliphatic heterocycles. The zero-order valence-corrected chi connectivity index (χ0v) is 42.8. The number of furan rings is 1. The van der Waals surface area contributed by atoms with Gasteiger partial charge >= 0.3 is 0 Å². The van der Waals surface area contributed by atoms with Crippen molar-refractivity contribution >= 4 is 78.1 Å². The molecule has 0 amide bonds. The highest BCUT2D eigenvalue weighted by Crippen LogP contribution is 2.57. The highest BCUT2D eigenvalue weighted by molar-refractivity contribution is 9.10. The van der Waals surface area contributed by atoms with Crippen LogP contribution in [0.4, 0.5) is 47.3 Å². The number of nitrogens with zero attached hydrogens (tertiary/aromatic N) is 2. The average Bonchev–Trinajstić information content (AvgIpc) is 4.19. The molecule has 77 heavy (non-hydrogen) atoms. The molecular formula is C69H44BrF3N2O2. The Morgan fingerprint density at radius 2 is 0.844 bits per heavy atom. The monoisotopic (exact) mass is 1070 g/mol. The van der Waals surface area contributed by atoms with E-state index in [9.17, 15) is 13.2 Å². The summed E-state index contributed by atoms with van der Waals surface area (Å²) in [6, 6.07) is 79.5. The van der Waals surface area contributed by atoms with Gasteiger partial charge in [-0.05, 0) is 208 Å². The molecule has 1 aliphatic carbocycles. The third-order valence-electron chi connectivity index (χ3n) is 14.6. The van der Waals surface area contributed by atoms with Crippen LogP contribution in [0.2, 0.25) is 0 Å². The van der Waals surface area contributed by atoms with Gasteiger partial charge in [0.2, 0.25) is 0 Å². The summed E-state index contributed by atoms with van der Waals surface area (Å²) in [7, 11) is 0. The Kier molecular flexibility index (Phi) is 11.9. The molecule has 8 heteroatoms. The fraction of sp³-hybridized carbons (Fsp3) is 0.0145. The molecule has 0 saturated heterocycles. The van der Waals surface area contributed by atoms with Crippen LogP contribution in [0, 0.1) is 17.5 Å². The molecule has 1 atom stereocenters. The minimum absolute atomic E-state index is 0.314. The molecule has 0 fully saturated rings. The molecule has 1 unspecified atom stereocenters. The van der Waals surface area contributed by atoms with Crippen molar-refractivity contribution in [2.24, 2.45) is 0 Å². The van der Waals surface area contributed by atoms with Crippen LogP contribution in [0.3, 0.4) is 0 Å². The highest BCUT2D eigenvalue weighted by Gasteiger charge is 2.46. The van der Waals surface area contributed by atoms with Crippen LogP contribution < -0.4 is 14.5 Å². The van der Waals surface area contributed by atoms with Crippen LogP contribution in [-0.4, -0.2) is 0 Å². The molecule has 0 radical (unpaired) electrons. The number of benzene rings is 11. The first kappa shape index (κ1) is 47.4. The van der Waals surface area contributed by atoms with E-state index in [0.29, 0.717) is 11.5 Å². The normalized spacial score (nSPS) is 13.6. The fourth-order valence-corrected chi connectivity index (χ4v) is 11.4. The average molecular weight is 1070 g/mol. The summed E-state index contributed by atoms with van der Waals surface area (Å²) >= 11 is 3.62. The van der Waals surface area contributed by atoms with Crippen molar-refractivity contribution in [3.8, 4) is 33.8 Å². The number of anilines is 6. The summed E-state index contributed by atoms with van der Waals surface area (Å²) < 4.78 is 57.5. The van der Waals surface area contributed by atoms with Crippen molar-refractivity contribution in [3.05, 3.63) is 305 Å². The molecule has 1 aromatic heterocycles. The lowest BCUT2D eigenvalue weighted by Crippen LogP contribution is -2.28. The molecule has 4 nitrogen and oxygen atoms in total. The van der Waals surface area contributed by atoms with E-state index >= 15 is 0 Å². The second kappa shape index (κ2) is 19.4. The summed E-state index contributed by atoms with van der Waals surface area (Å²) in [5, 5.41) is 1.96. The van der Waals surface area contributed by atoms with Crippen molar-refractivity contribution in [2.75, 3.05) is 9.80 Å². The van der Waals surface area contributed by atoms with Crippen molar-refractivity contribution in [2.45, 2.75) is 5.41 Å². The predicted molar refractivity (Wildman–Crippen MR) is 310 cm³/mol. The van der Waals surface area contributed by atoms with Gasteiger partial charge in [-0.3, -0.25) is 0 Å². The summed E-state index contributed by atoms with van der Waals surface area (Å²) in [5.74, 6) is 0.407. The van der Waals surface area contributed by atoms with Crippen molar-refractivity contribution in [1.29, 1.82) is 0 Å². The number of halogens is 4. The number of fused-ring (bicyclic) bond motifs is 6. The molecule has 0 saturated carbocycles. The van der Waals surface area contributed by atoms with Gasteiger partial charge in [0.05, 0.1) is 5.41 Å². The van der Waals surface area contributed by atoms with Gasteiger partial charge in [-0.25, -0.2) is 13.2 Å². The zero-order chi connectivity index (χ0) is 52.2. The van der Waals surface area contributed by atoms with Crippen LogP contribution in [-0.2, 0) is 5.41 Å². The third kappa shape index (κ3) is 8.53. The molecule has 0 N–H and O–H groups in total. The minimum atomic E-state index is -0.867. The Balaban J connectivity index is 0.881. The van der Waals surface area contributed by atoms with E-state index in [2.05, 4.69) is 148 Å². The lowest BCUT2D eigenvalue weighted by atomic mass is 9.67. The zero-order valence-electron chi connectivity index (χ0n) is 41.2. The molecule has 13 rings (SSSR count). The number of ether oxygens (including phenoxy) is 1. The maximum absolute atomic E-state index is 14.9. The van der Waals surface area contributed by atoms with Crippen LogP contribution in [0.1, 0.15) is 27.8 Å². The van der Waals surface area contributed by atoms with Gasteiger partial charge in [-0.15, -0.1) is 0 Å². The molecule has 11 aromatic carbocycles. The standard InChI is InChI=1S/C69H44BrF3N2O2/c1-2-44-7-34-59(35-8-44)76-60-36-15-48(16-37-60)69(47-13-18-50(71)19-14-47)65-6-4-3-5-61(65)62-38-32-58(43-66(62)69)75(56-30-22-52(73)23-31-56)54-26-11-46(12-27-54)45-9-24-53(25-10-45)74(55-28-20-51(72)21-29-55)57-33-40-68-64(42-57)63-41-49(70)17-39-67(63)77-68/h2-43H,1H2. The Labute approximate surface area is 451 Å². The molecule has 370 valence electrons. The van der Waals surface area contributed by atoms with E-state index in [1.54, 1.807) is 30.3 Å². The largest absolute Gasteiger partial charge is 0.457 e. The maximum atomic E-state index is 14.9. The summed E-state index contributed by atoms with van der Waals surface area (Å²) in [5.41, 5.74) is 14.9. The van der Waals surface area contributed by atoms with Crippen LogP contribution >= 0.6 is 15.9 Å². The van der Waals surface area contributed by atoms with E-state index in [4.69, 9.17) is 9.15 Å². The molecule has 0 bridgehead atoms. The third-order valence-corrected chi connectivity index (χ3v) is 15.1. The molecule has 0 spiro atoms. The van der Waals surface area contributed by atoms with Gasteiger partial charge in [0, 0.05) is 49.4 Å². The number of rotatable bonds is 12. The summed E-state index contributed by atoms with van der Waals surface area (Å²) in [4.78, 5) is 4.25. The first-order valence-electron chi connectivity index (χ1n) is 25.2. The summed E-state index contributed by atoms with van der Waals surface area (Å²) in [6.45, 7) is 3.87. The topological polar surface area (TPSA) is 28.9 Å². The van der Waals surface area contributed by atoms with Gasteiger partial charge < -0.3 is 19.0 Å². The molecule has 12 aromatic rings. The Morgan fingerprint density at radius 1 is 0.416 bits per heavy atom. The lowest BCUT2D eigenvalue weighted by molar-refractivity contribution is 0.482. The SMILES string of the molecule is C=Cc1ccc(Oc2ccc(C3(c4ccc(F)cc4)c4ccccc4-c4ccc(N(c5ccc(F)cc5)c5ccc(-c6ccc(N(c7ccc(F)cc7)c7ccc8oc9ccc(Br)cc9c8c7)cc6)cc5)cc43)cc2)cc1. The second-order valence-corrected chi connectivity index (χ2v) is 20.0. The van der Waals surface area contributed by atoms with Gasteiger partial charge in [-0.1, -0.05) is 120 Å².